The summed E-state index contributed by atoms with van der Waals surface area (Å²) in [4.78, 5) is 14.6. The highest BCUT2D eigenvalue weighted by Gasteiger charge is 2.27. The average molecular weight is 414 g/mol. The van der Waals surface area contributed by atoms with E-state index in [2.05, 4.69) is 17.1 Å². The fourth-order valence-electron chi connectivity index (χ4n) is 2.91. The van der Waals surface area contributed by atoms with Crippen molar-refractivity contribution in [1.82, 2.24) is 19.8 Å². The average Bonchev–Trinajstić information content (AvgIpc) is 2.95. The van der Waals surface area contributed by atoms with Crippen molar-refractivity contribution in [2.24, 2.45) is 5.92 Å². The Morgan fingerprint density at radius 2 is 2.00 bits per heavy atom. The van der Waals surface area contributed by atoms with Crippen molar-refractivity contribution in [1.29, 1.82) is 0 Å². The minimum absolute atomic E-state index is 0.107. The Kier molecular flexibility index (Phi) is 5.99. The largest absolute Gasteiger partial charge is 0.342 e. The third-order valence-electron chi connectivity index (χ3n) is 4.56. The number of likely N-dealkylation sites (tertiary alicyclic amines) is 1. The summed E-state index contributed by atoms with van der Waals surface area (Å²) in [5.41, 5.74) is 0.641. The summed E-state index contributed by atoms with van der Waals surface area (Å²) in [6, 6.07) is 5.09. The Morgan fingerprint density at radius 3 is 2.65 bits per heavy atom. The molecule has 1 aromatic carbocycles. The molecule has 1 aliphatic rings. The Labute approximate surface area is 167 Å². The lowest BCUT2D eigenvalue weighted by atomic mass is 9.99. The van der Waals surface area contributed by atoms with Gasteiger partial charge in [-0.1, -0.05) is 41.9 Å². The van der Waals surface area contributed by atoms with Crippen LogP contribution in [0.1, 0.15) is 26.7 Å². The Hall–Kier alpha value is -1.44. The molecule has 2 N–H and O–H groups in total. The zero-order chi connectivity index (χ0) is 18.8. The van der Waals surface area contributed by atoms with Gasteiger partial charge in [0.15, 0.2) is 5.82 Å². The van der Waals surface area contributed by atoms with Gasteiger partial charge < -0.3 is 10.7 Å². The molecular weight excluding hydrogens is 393 g/mol. The lowest BCUT2D eigenvalue weighted by Crippen LogP contribution is -2.41. The Bertz CT molecular complexity index is 804. The standard InChI is InChI=1S/C17H21Cl2N5OS/c1-10-5-7-23(8-6-10)16(25)11(2)26-17-22-21-15(24(17)20)13-4-3-12(18)9-14(13)19/h3-4,9-11H,5-8,20H2,1-2H3. The molecule has 1 aliphatic heterocycles. The van der Waals surface area contributed by atoms with Gasteiger partial charge in [0.2, 0.25) is 11.1 Å². The van der Waals surface area contributed by atoms with E-state index >= 15 is 0 Å². The molecule has 2 heterocycles. The van der Waals surface area contributed by atoms with Crippen molar-refractivity contribution in [3.8, 4) is 11.4 Å². The number of nitrogen functional groups attached to an aromatic ring is 1. The molecule has 26 heavy (non-hydrogen) atoms. The number of carbonyl (C=O) groups is 1. The highest BCUT2D eigenvalue weighted by atomic mass is 35.5. The van der Waals surface area contributed by atoms with Gasteiger partial charge in [-0.2, -0.15) is 0 Å². The number of piperidine rings is 1. The number of benzene rings is 1. The molecule has 1 fully saturated rings. The van der Waals surface area contributed by atoms with Crippen molar-refractivity contribution in [2.45, 2.75) is 37.1 Å². The first-order valence-electron chi connectivity index (χ1n) is 8.48. The van der Waals surface area contributed by atoms with Gasteiger partial charge in [-0.05, 0) is 43.9 Å². The molecule has 0 aliphatic carbocycles. The first-order valence-corrected chi connectivity index (χ1v) is 10.1. The molecule has 1 saturated heterocycles. The van der Waals surface area contributed by atoms with E-state index in [0.717, 1.165) is 25.9 Å². The molecule has 1 aromatic heterocycles. The molecule has 1 amide bonds. The molecule has 140 valence electrons. The molecule has 6 nitrogen and oxygen atoms in total. The predicted octanol–water partition coefficient (Wildman–Crippen LogP) is 3.70. The fraction of sp³-hybridized carbons (Fsp3) is 0.471. The Morgan fingerprint density at radius 1 is 1.31 bits per heavy atom. The van der Waals surface area contributed by atoms with Gasteiger partial charge in [0, 0.05) is 23.7 Å². The Balaban J connectivity index is 1.72. The lowest BCUT2D eigenvalue weighted by Gasteiger charge is -2.31. The van der Waals surface area contributed by atoms with Crippen LogP contribution in [0.25, 0.3) is 11.4 Å². The van der Waals surface area contributed by atoms with E-state index in [4.69, 9.17) is 29.0 Å². The van der Waals surface area contributed by atoms with E-state index in [1.165, 1.54) is 16.4 Å². The number of hydrogen-bond acceptors (Lipinski definition) is 5. The van der Waals surface area contributed by atoms with Crippen LogP contribution in [0.15, 0.2) is 23.4 Å². The number of hydrogen-bond donors (Lipinski definition) is 1. The van der Waals surface area contributed by atoms with Crippen LogP contribution in [0.3, 0.4) is 0 Å². The van der Waals surface area contributed by atoms with E-state index in [1.54, 1.807) is 18.2 Å². The van der Waals surface area contributed by atoms with Crippen LogP contribution in [-0.2, 0) is 4.79 Å². The van der Waals surface area contributed by atoms with Gasteiger partial charge in [-0.25, -0.2) is 4.68 Å². The van der Waals surface area contributed by atoms with Gasteiger partial charge in [0.1, 0.15) is 0 Å². The van der Waals surface area contributed by atoms with Crippen molar-refractivity contribution < 1.29 is 4.79 Å². The number of halogens is 2. The number of thioether (sulfide) groups is 1. The lowest BCUT2D eigenvalue weighted by molar-refractivity contribution is -0.131. The summed E-state index contributed by atoms with van der Waals surface area (Å²) in [6.07, 6.45) is 2.10. The second kappa shape index (κ2) is 8.06. The third kappa shape index (κ3) is 4.10. The van der Waals surface area contributed by atoms with E-state index in [1.807, 2.05) is 11.8 Å². The zero-order valence-electron chi connectivity index (χ0n) is 14.7. The van der Waals surface area contributed by atoms with Gasteiger partial charge in [0.25, 0.3) is 0 Å². The van der Waals surface area contributed by atoms with Crippen LogP contribution in [0.2, 0.25) is 10.0 Å². The highest BCUT2D eigenvalue weighted by molar-refractivity contribution is 8.00. The maximum Gasteiger partial charge on any atom is 0.235 e. The van der Waals surface area contributed by atoms with Crippen LogP contribution in [0, 0.1) is 5.92 Å². The first-order chi connectivity index (χ1) is 12.4. The van der Waals surface area contributed by atoms with Crippen molar-refractivity contribution in [3.63, 3.8) is 0 Å². The van der Waals surface area contributed by atoms with Crippen LogP contribution in [-0.4, -0.2) is 44.0 Å². The molecule has 0 spiro atoms. The van der Waals surface area contributed by atoms with Crippen molar-refractivity contribution >= 4 is 40.9 Å². The number of nitrogens with zero attached hydrogens (tertiary/aromatic N) is 4. The van der Waals surface area contributed by atoms with E-state index < -0.39 is 0 Å². The van der Waals surface area contributed by atoms with Gasteiger partial charge in [-0.15, -0.1) is 10.2 Å². The maximum atomic E-state index is 12.7. The molecule has 0 radical (unpaired) electrons. The quantitative estimate of drug-likeness (QED) is 0.610. The number of carbonyl (C=O) groups excluding carboxylic acids is 1. The van der Waals surface area contributed by atoms with Crippen LogP contribution >= 0.6 is 35.0 Å². The van der Waals surface area contributed by atoms with E-state index in [0.29, 0.717) is 32.5 Å². The molecule has 1 unspecified atom stereocenters. The second-order valence-electron chi connectivity index (χ2n) is 6.57. The number of amides is 1. The van der Waals surface area contributed by atoms with Gasteiger partial charge in [0.05, 0.1) is 10.3 Å². The van der Waals surface area contributed by atoms with Gasteiger partial charge in [-0.3, -0.25) is 4.79 Å². The molecule has 9 heteroatoms. The SMILES string of the molecule is CC1CCN(C(=O)C(C)Sc2nnc(-c3ccc(Cl)cc3Cl)n2N)CC1. The summed E-state index contributed by atoms with van der Waals surface area (Å²) in [5.74, 6) is 7.36. The minimum Gasteiger partial charge on any atom is -0.342 e. The number of rotatable bonds is 4. The minimum atomic E-state index is -0.288. The predicted molar refractivity (Wildman–Crippen MR) is 106 cm³/mol. The van der Waals surface area contributed by atoms with Crippen molar-refractivity contribution in [2.75, 3.05) is 18.9 Å². The molecule has 1 atom stereocenters. The van der Waals surface area contributed by atoms with Crippen molar-refractivity contribution in [3.05, 3.63) is 28.2 Å². The monoisotopic (exact) mass is 413 g/mol. The summed E-state index contributed by atoms with van der Waals surface area (Å²) in [5, 5.41) is 9.41. The topological polar surface area (TPSA) is 77.0 Å². The first kappa shape index (κ1) is 19.3. The highest BCUT2D eigenvalue weighted by Crippen LogP contribution is 2.31. The molecular formula is C17H21Cl2N5OS. The molecule has 0 saturated carbocycles. The summed E-state index contributed by atoms with van der Waals surface area (Å²) >= 11 is 13.5. The molecule has 0 bridgehead atoms. The summed E-state index contributed by atoms with van der Waals surface area (Å²) in [6.45, 7) is 5.71. The normalized spacial score (nSPS) is 16.7. The fourth-order valence-corrected chi connectivity index (χ4v) is 4.25. The second-order valence-corrected chi connectivity index (χ2v) is 8.72. The smallest absolute Gasteiger partial charge is 0.235 e. The summed E-state index contributed by atoms with van der Waals surface area (Å²) < 4.78 is 1.36. The summed E-state index contributed by atoms with van der Waals surface area (Å²) in [7, 11) is 0. The van der Waals surface area contributed by atoms with E-state index in [-0.39, 0.29) is 11.2 Å². The molecule has 2 aromatic rings. The molecule has 3 rings (SSSR count). The van der Waals surface area contributed by atoms with Crippen LogP contribution in [0.4, 0.5) is 0 Å². The van der Waals surface area contributed by atoms with Crippen LogP contribution in [0.5, 0.6) is 0 Å². The number of nitrogens with two attached hydrogens (primary N) is 1. The van der Waals surface area contributed by atoms with E-state index in [9.17, 15) is 4.79 Å². The third-order valence-corrected chi connectivity index (χ3v) is 6.15. The zero-order valence-corrected chi connectivity index (χ0v) is 17.0. The maximum absolute atomic E-state index is 12.7. The van der Waals surface area contributed by atoms with Crippen LogP contribution < -0.4 is 5.84 Å². The number of aromatic nitrogens is 3. The van der Waals surface area contributed by atoms with Gasteiger partial charge >= 0.3 is 0 Å².